The summed E-state index contributed by atoms with van der Waals surface area (Å²) < 4.78 is 26.1. The number of carbonyl (C=O) groups excluding carboxylic acids is 2. The third-order valence-corrected chi connectivity index (χ3v) is 6.75. The fraction of sp³-hybridized carbons (Fsp3) is 0.579. The molecule has 0 atom stereocenters. The maximum absolute atomic E-state index is 12.5. The van der Waals surface area contributed by atoms with Crippen molar-refractivity contribution in [3.05, 3.63) is 29.3 Å². The summed E-state index contributed by atoms with van der Waals surface area (Å²) in [5, 5.41) is 3.32. The van der Waals surface area contributed by atoms with E-state index in [2.05, 4.69) is 5.32 Å². The van der Waals surface area contributed by atoms with E-state index in [-0.39, 0.29) is 29.3 Å². The zero-order valence-corrected chi connectivity index (χ0v) is 18.1. The highest BCUT2D eigenvalue weighted by atomic mass is 35.5. The zero-order chi connectivity index (χ0) is 20.9. The molecule has 7 nitrogen and oxygen atoms in total. The molecule has 1 N–H and O–H groups in total. The van der Waals surface area contributed by atoms with Gasteiger partial charge in [0.1, 0.15) is 0 Å². The summed E-state index contributed by atoms with van der Waals surface area (Å²) in [6, 6.07) is 5.77. The van der Waals surface area contributed by atoms with E-state index >= 15 is 0 Å². The number of sulfonamides is 1. The van der Waals surface area contributed by atoms with Gasteiger partial charge in [0.2, 0.25) is 21.8 Å². The molecule has 0 unspecified atom stereocenters. The largest absolute Gasteiger partial charge is 0.352 e. The van der Waals surface area contributed by atoms with Crippen molar-refractivity contribution in [1.82, 2.24) is 14.5 Å². The van der Waals surface area contributed by atoms with Crippen LogP contribution in [-0.2, 0) is 19.6 Å². The first kappa shape index (κ1) is 22.6. The quantitative estimate of drug-likeness (QED) is 0.719. The molecule has 0 aromatic heterocycles. The van der Waals surface area contributed by atoms with Crippen molar-refractivity contribution >= 4 is 33.4 Å². The maximum atomic E-state index is 12.5. The van der Waals surface area contributed by atoms with E-state index < -0.39 is 10.0 Å². The van der Waals surface area contributed by atoms with Crippen molar-refractivity contribution in [2.24, 2.45) is 5.92 Å². The van der Waals surface area contributed by atoms with Crippen LogP contribution in [0, 0.1) is 5.92 Å². The van der Waals surface area contributed by atoms with Gasteiger partial charge in [0, 0.05) is 37.6 Å². The SMILES string of the molecule is CC(C)CC(=O)N1CCC(NC(=O)CN(C)S(=O)(=O)c2ccc(Cl)cc2)CC1. The van der Waals surface area contributed by atoms with Crippen LogP contribution in [0.25, 0.3) is 0 Å². The van der Waals surface area contributed by atoms with Gasteiger partial charge in [-0.15, -0.1) is 0 Å². The molecule has 0 bridgehead atoms. The van der Waals surface area contributed by atoms with E-state index in [0.29, 0.717) is 43.3 Å². The first-order chi connectivity index (χ1) is 13.1. The van der Waals surface area contributed by atoms with E-state index in [1.165, 1.54) is 31.3 Å². The van der Waals surface area contributed by atoms with Gasteiger partial charge in [0.25, 0.3) is 0 Å². The lowest BCUT2D eigenvalue weighted by molar-refractivity contribution is -0.133. The molecule has 1 heterocycles. The minimum Gasteiger partial charge on any atom is -0.352 e. The Morgan fingerprint density at radius 3 is 2.32 bits per heavy atom. The number of likely N-dealkylation sites (N-methyl/N-ethyl adjacent to an activating group) is 1. The highest BCUT2D eigenvalue weighted by molar-refractivity contribution is 7.89. The lowest BCUT2D eigenvalue weighted by Crippen LogP contribution is -2.49. The second-order valence-corrected chi connectivity index (χ2v) is 10.0. The highest BCUT2D eigenvalue weighted by Gasteiger charge is 2.26. The average Bonchev–Trinajstić information content (AvgIpc) is 2.62. The molecule has 1 aromatic carbocycles. The normalized spacial score (nSPS) is 15.9. The number of likely N-dealkylation sites (tertiary alicyclic amines) is 1. The molecular formula is C19H28ClN3O4S. The summed E-state index contributed by atoms with van der Waals surface area (Å²) in [5.74, 6) is 0.114. The lowest BCUT2D eigenvalue weighted by atomic mass is 10.0. The third kappa shape index (κ3) is 6.18. The Kier molecular flexibility index (Phi) is 7.86. The monoisotopic (exact) mass is 429 g/mol. The van der Waals surface area contributed by atoms with Gasteiger partial charge in [-0.1, -0.05) is 25.4 Å². The van der Waals surface area contributed by atoms with Gasteiger partial charge < -0.3 is 10.2 Å². The Labute approximate surface area is 172 Å². The number of hydrogen-bond donors (Lipinski definition) is 1. The predicted octanol–water partition coefficient (Wildman–Crippen LogP) is 2.11. The number of amides is 2. The molecule has 0 spiro atoms. The molecule has 1 fully saturated rings. The van der Waals surface area contributed by atoms with Crippen molar-refractivity contribution in [1.29, 1.82) is 0 Å². The Balaban J connectivity index is 1.84. The molecule has 0 aliphatic carbocycles. The highest BCUT2D eigenvalue weighted by Crippen LogP contribution is 2.18. The number of piperidine rings is 1. The van der Waals surface area contributed by atoms with Crippen molar-refractivity contribution in [3.8, 4) is 0 Å². The Hall–Kier alpha value is -1.64. The number of nitrogens with one attached hydrogen (secondary N) is 1. The van der Waals surface area contributed by atoms with Gasteiger partial charge in [-0.3, -0.25) is 9.59 Å². The van der Waals surface area contributed by atoms with Crippen LogP contribution in [0.4, 0.5) is 0 Å². The van der Waals surface area contributed by atoms with Crippen molar-refractivity contribution in [2.75, 3.05) is 26.7 Å². The second kappa shape index (κ2) is 9.71. The van der Waals surface area contributed by atoms with Crippen LogP contribution < -0.4 is 5.32 Å². The van der Waals surface area contributed by atoms with Gasteiger partial charge in [0.15, 0.2) is 0 Å². The van der Waals surface area contributed by atoms with E-state index in [1.807, 2.05) is 18.7 Å². The molecule has 0 saturated carbocycles. The van der Waals surface area contributed by atoms with Crippen LogP contribution in [0.3, 0.4) is 0 Å². The minimum absolute atomic E-state index is 0.0535. The van der Waals surface area contributed by atoms with Crippen LogP contribution in [0.15, 0.2) is 29.2 Å². The Morgan fingerprint density at radius 2 is 1.79 bits per heavy atom. The van der Waals surface area contributed by atoms with E-state index in [9.17, 15) is 18.0 Å². The van der Waals surface area contributed by atoms with Gasteiger partial charge in [-0.05, 0) is 43.0 Å². The molecule has 156 valence electrons. The number of halogens is 1. The minimum atomic E-state index is -3.76. The first-order valence-electron chi connectivity index (χ1n) is 9.38. The smallest absolute Gasteiger partial charge is 0.243 e. The summed E-state index contributed by atoms with van der Waals surface area (Å²) >= 11 is 5.79. The van der Waals surface area contributed by atoms with Gasteiger partial charge in [-0.2, -0.15) is 4.31 Å². The molecule has 1 saturated heterocycles. The number of nitrogens with zero attached hydrogens (tertiary/aromatic N) is 2. The van der Waals surface area contributed by atoms with Crippen molar-refractivity contribution in [3.63, 3.8) is 0 Å². The molecule has 1 aliphatic heterocycles. The molecule has 0 radical (unpaired) electrons. The summed E-state index contributed by atoms with van der Waals surface area (Å²) in [5.41, 5.74) is 0. The number of benzene rings is 1. The van der Waals surface area contributed by atoms with Gasteiger partial charge >= 0.3 is 0 Å². The third-order valence-electron chi connectivity index (χ3n) is 4.68. The fourth-order valence-corrected chi connectivity index (χ4v) is 4.35. The van der Waals surface area contributed by atoms with Gasteiger partial charge in [-0.25, -0.2) is 8.42 Å². The topological polar surface area (TPSA) is 86.8 Å². The van der Waals surface area contributed by atoms with E-state index in [1.54, 1.807) is 0 Å². The molecule has 2 rings (SSSR count). The summed E-state index contributed by atoms with van der Waals surface area (Å²) in [6.45, 7) is 4.97. The Morgan fingerprint density at radius 1 is 1.21 bits per heavy atom. The summed E-state index contributed by atoms with van der Waals surface area (Å²) in [4.78, 5) is 26.3. The zero-order valence-electron chi connectivity index (χ0n) is 16.5. The number of carbonyl (C=O) groups is 2. The first-order valence-corrected chi connectivity index (χ1v) is 11.2. The molecule has 28 heavy (non-hydrogen) atoms. The summed E-state index contributed by atoms with van der Waals surface area (Å²) in [7, 11) is -2.39. The van der Waals surface area contributed by atoms with Crippen LogP contribution in [-0.4, -0.2) is 62.2 Å². The molecule has 1 aliphatic rings. The fourth-order valence-electron chi connectivity index (χ4n) is 3.10. The molecule has 1 aromatic rings. The van der Waals surface area contributed by atoms with E-state index in [0.717, 1.165) is 4.31 Å². The predicted molar refractivity (Wildman–Crippen MR) is 108 cm³/mol. The second-order valence-electron chi connectivity index (χ2n) is 7.54. The van der Waals surface area contributed by atoms with E-state index in [4.69, 9.17) is 11.6 Å². The lowest BCUT2D eigenvalue weighted by Gasteiger charge is -2.33. The maximum Gasteiger partial charge on any atom is 0.243 e. The Bertz CT molecular complexity index is 788. The van der Waals surface area contributed by atoms with Crippen LogP contribution in [0.5, 0.6) is 0 Å². The molecular weight excluding hydrogens is 402 g/mol. The van der Waals surface area contributed by atoms with Crippen LogP contribution >= 0.6 is 11.6 Å². The van der Waals surface area contributed by atoms with Crippen LogP contribution in [0.1, 0.15) is 33.1 Å². The molecule has 9 heteroatoms. The average molecular weight is 430 g/mol. The summed E-state index contributed by atoms with van der Waals surface area (Å²) in [6.07, 6.45) is 1.87. The number of hydrogen-bond acceptors (Lipinski definition) is 4. The number of rotatable bonds is 7. The van der Waals surface area contributed by atoms with Crippen molar-refractivity contribution < 1.29 is 18.0 Å². The molecule has 2 amide bonds. The van der Waals surface area contributed by atoms with Crippen LogP contribution in [0.2, 0.25) is 5.02 Å². The standard InChI is InChI=1S/C19H28ClN3O4S/c1-14(2)12-19(25)23-10-8-16(9-11-23)21-18(24)13-22(3)28(26,27)17-6-4-15(20)5-7-17/h4-7,14,16H,8-13H2,1-3H3,(H,21,24). The van der Waals surface area contributed by atoms with Gasteiger partial charge in [0.05, 0.1) is 11.4 Å². The van der Waals surface area contributed by atoms with Crippen molar-refractivity contribution in [2.45, 2.75) is 44.0 Å².